The average molecular weight is 266 g/mol. The van der Waals surface area contributed by atoms with E-state index in [9.17, 15) is 0 Å². The number of hydrogen-bond donors (Lipinski definition) is 2. The van der Waals surface area contributed by atoms with Gasteiger partial charge in [0.25, 0.3) is 0 Å². The monoisotopic (exact) mass is 266 g/mol. The van der Waals surface area contributed by atoms with Gasteiger partial charge in [0.1, 0.15) is 0 Å². The van der Waals surface area contributed by atoms with Gasteiger partial charge in [-0.2, -0.15) is 0 Å². The Balaban J connectivity index is 2.30. The average Bonchev–Trinajstić information content (AvgIpc) is 2.45. The number of aliphatic imine (C=N–C) groups is 1. The second-order valence-electron chi connectivity index (χ2n) is 3.89. The first-order valence-electron chi connectivity index (χ1n) is 6.36. The molecule has 0 aliphatic carbocycles. The van der Waals surface area contributed by atoms with Crippen molar-refractivity contribution in [1.82, 2.24) is 10.3 Å². The van der Waals surface area contributed by atoms with E-state index in [-0.39, 0.29) is 0 Å². The molecule has 0 radical (unpaired) electrons. The molecule has 0 aliphatic rings. The van der Waals surface area contributed by atoms with E-state index < -0.39 is 0 Å². The maximum absolute atomic E-state index is 5.76. The number of methoxy groups -OCH3 is 1. The summed E-state index contributed by atoms with van der Waals surface area (Å²) < 4.78 is 10.3. The van der Waals surface area contributed by atoms with Crippen LogP contribution in [-0.2, 0) is 11.3 Å². The van der Waals surface area contributed by atoms with Crippen LogP contribution in [0.25, 0.3) is 0 Å². The van der Waals surface area contributed by atoms with Crippen molar-refractivity contribution >= 4 is 5.96 Å². The van der Waals surface area contributed by atoms with Crippen molar-refractivity contribution in [3.63, 3.8) is 0 Å². The van der Waals surface area contributed by atoms with Gasteiger partial charge in [0.05, 0.1) is 13.7 Å². The Morgan fingerprint density at radius 2 is 2.37 bits per heavy atom. The van der Waals surface area contributed by atoms with E-state index in [1.165, 1.54) is 0 Å². The molecule has 106 valence electrons. The number of nitrogens with one attached hydrogen (secondary N) is 1. The molecule has 0 fully saturated rings. The Bertz CT molecular complexity index is 396. The number of pyridine rings is 1. The van der Waals surface area contributed by atoms with Crippen LogP contribution < -0.4 is 15.8 Å². The van der Waals surface area contributed by atoms with Crippen LogP contribution in [0.1, 0.15) is 18.9 Å². The predicted octanol–water partition coefficient (Wildman–Crippen LogP) is 0.921. The van der Waals surface area contributed by atoms with Crippen molar-refractivity contribution in [3.8, 4) is 5.88 Å². The SMILES string of the molecule is CCOCCCNC(N)=NCc1ccnc(OC)c1. The molecule has 1 rings (SSSR count). The van der Waals surface area contributed by atoms with Crippen LogP contribution in [-0.4, -0.2) is 37.8 Å². The largest absolute Gasteiger partial charge is 0.481 e. The Morgan fingerprint density at radius 3 is 3.11 bits per heavy atom. The number of nitrogens with two attached hydrogens (primary N) is 1. The van der Waals surface area contributed by atoms with E-state index in [4.69, 9.17) is 15.2 Å². The molecule has 0 bridgehead atoms. The summed E-state index contributed by atoms with van der Waals surface area (Å²) in [4.78, 5) is 8.28. The number of guanidine groups is 1. The molecular weight excluding hydrogens is 244 g/mol. The van der Waals surface area contributed by atoms with Crippen molar-refractivity contribution in [1.29, 1.82) is 0 Å². The smallest absolute Gasteiger partial charge is 0.213 e. The number of hydrogen-bond acceptors (Lipinski definition) is 4. The van der Waals surface area contributed by atoms with Gasteiger partial charge in [-0.25, -0.2) is 9.98 Å². The fourth-order valence-electron chi connectivity index (χ4n) is 1.43. The molecular formula is C13H22N4O2. The van der Waals surface area contributed by atoms with E-state index in [0.717, 1.165) is 31.7 Å². The van der Waals surface area contributed by atoms with Crippen molar-refractivity contribution in [3.05, 3.63) is 23.9 Å². The minimum absolute atomic E-state index is 0.437. The summed E-state index contributed by atoms with van der Waals surface area (Å²) in [5, 5.41) is 3.04. The zero-order valence-electron chi connectivity index (χ0n) is 11.6. The molecule has 0 saturated heterocycles. The van der Waals surface area contributed by atoms with Gasteiger partial charge in [0, 0.05) is 32.0 Å². The molecule has 1 aromatic heterocycles. The molecule has 3 N–H and O–H groups in total. The highest BCUT2D eigenvalue weighted by Gasteiger charge is 1.97. The van der Waals surface area contributed by atoms with Crippen LogP contribution in [0.4, 0.5) is 0 Å². The molecule has 0 saturated carbocycles. The quantitative estimate of drug-likeness (QED) is 0.415. The van der Waals surface area contributed by atoms with Gasteiger partial charge < -0.3 is 20.5 Å². The standard InChI is InChI=1S/C13H22N4O2/c1-3-19-8-4-6-16-13(14)17-10-11-5-7-15-12(9-11)18-2/h5,7,9H,3-4,6,8,10H2,1-2H3,(H3,14,16,17). The summed E-state index contributed by atoms with van der Waals surface area (Å²) in [6, 6.07) is 3.72. The molecule has 19 heavy (non-hydrogen) atoms. The Morgan fingerprint density at radius 1 is 1.53 bits per heavy atom. The topological polar surface area (TPSA) is 81.8 Å². The predicted molar refractivity (Wildman–Crippen MR) is 75.2 cm³/mol. The van der Waals surface area contributed by atoms with Gasteiger partial charge in [0.2, 0.25) is 5.88 Å². The van der Waals surface area contributed by atoms with E-state index in [1.54, 1.807) is 13.3 Å². The second-order valence-corrected chi connectivity index (χ2v) is 3.89. The van der Waals surface area contributed by atoms with E-state index >= 15 is 0 Å². The van der Waals surface area contributed by atoms with Crippen molar-refractivity contribution in [2.75, 3.05) is 26.9 Å². The zero-order chi connectivity index (χ0) is 13.9. The fourth-order valence-corrected chi connectivity index (χ4v) is 1.43. The summed E-state index contributed by atoms with van der Waals surface area (Å²) in [5.41, 5.74) is 6.76. The molecule has 0 aromatic carbocycles. The summed E-state index contributed by atoms with van der Waals surface area (Å²) in [5.74, 6) is 1.02. The van der Waals surface area contributed by atoms with Crippen molar-refractivity contribution in [2.45, 2.75) is 19.9 Å². The van der Waals surface area contributed by atoms with Crippen LogP contribution in [0.3, 0.4) is 0 Å². The van der Waals surface area contributed by atoms with Gasteiger partial charge >= 0.3 is 0 Å². The van der Waals surface area contributed by atoms with Crippen LogP contribution >= 0.6 is 0 Å². The van der Waals surface area contributed by atoms with Crippen molar-refractivity contribution < 1.29 is 9.47 Å². The van der Waals surface area contributed by atoms with Crippen molar-refractivity contribution in [2.24, 2.45) is 10.7 Å². The third-order valence-corrected chi connectivity index (χ3v) is 2.42. The summed E-state index contributed by atoms with van der Waals surface area (Å²) in [6.07, 6.45) is 2.60. The van der Waals surface area contributed by atoms with Gasteiger partial charge in [-0.15, -0.1) is 0 Å². The lowest BCUT2D eigenvalue weighted by Crippen LogP contribution is -2.32. The van der Waals surface area contributed by atoms with Crippen LogP contribution in [0.2, 0.25) is 0 Å². The summed E-state index contributed by atoms with van der Waals surface area (Å²) >= 11 is 0. The summed E-state index contributed by atoms with van der Waals surface area (Å²) in [6.45, 7) is 4.72. The second kappa shape index (κ2) is 9.16. The lowest BCUT2D eigenvalue weighted by molar-refractivity contribution is 0.145. The van der Waals surface area contributed by atoms with Gasteiger partial charge in [0.15, 0.2) is 5.96 Å². The number of rotatable bonds is 8. The number of ether oxygens (including phenoxy) is 2. The Hall–Kier alpha value is -1.82. The molecule has 6 heteroatoms. The molecule has 6 nitrogen and oxygen atoms in total. The van der Waals surface area contributed by atoms with E-state index in [1.807, 2.05) is 19.1 Å². The number of nitrogens with zero attached hydrogens (tertiary/aromatic N) is 2. The Labute approximate surface area is 114 Å². The minimum Gasteiger partial charge on any atom is -0.481 e. The lowest BCUT2D eigenvalue weighted by atomic mass is 10.3. The fraction of sp³-hybridized carbons (Fsp3) is 0.538. The minimum atomic E-state index is 0.437. The van der Waals surface area contributed by atoms with Crippen LogP contribution in [0, 0.1) is 0 Å². The highest BCUT2D eigenvalue weighted by atomic mass is 16.5. The molecule has 0 atom stereocenters. The van der Waals surface area contributed by atoms with Gasteiger partial charge in [-0.3, -0.25) is 0 Å². The third kappa shape index (κ3) is 6.61. The van der Waals surface area contributed by atoms with E-state index in [0.29, 0.717) is 18.4 Å². The summed E-state index contributed by atoms with van der Waals surface area (Å²) in [7, 11) is 1.59. The maximum Gasteiger partial charge on any atom is 0.213 e. The Kier molecular flexibility index (Phi) is 7.34. The number of aromatic nitrogens is 1. The van der Waals surface area contributed by atoms with Gasteiger partial charge in [-0.1, -0.05) is 0 Å². The third-order valence-electron chi connectivity index (χ3n) is 2.42. The van der Waals surface area contributed by atoms with E-state index in [2.05, 4.69) is 15.3 Å². The molecule has 0 aliphatic heterocycles. The van der Waals surface area contributed by atoms with Crippen LogP contribution in [0.15, 0.2) is 23.3 Å². The first-order valence-corrected chi connectivity index (χ1v) is 6.36. The molecule has 1 heterocycles. The first kappa shape index (κ1) is 15.2. The van der Waals surface area contributed by atoms with Crippen LogP contribution in [0.5, 0.6) is 5.88 Å². The highest BCUT2D eigenvalue weighted by Crippen LogP contribution is 2.09. The normalized spacial score (nSPS) is 11.4. The zero-order valence-corrected chi connectivity index (χ0v) is 11.6. The molecule has 0 amide bonds. The molecule has 0 unspecified atom stereocenters. The van der Waals surface area contributed by atoms with Gasteiger partial charge in [-0.05, 0) is 25.0 Å². The highest BCUT2D eigenvalue weighted by molar-refractivity contribution is 5.77. The maximum atomic E-state index is 5.76. The molecule has 1 aromatic rings. The first-order chi connectivity index (χ1) is 9.26. The lowest BCUT2D eigenvalue weighted by Gasteiger charge is -2.06. The molecule has 0 spiro atoms.